The van der Waals surface area contributed by atoms with E-state index < -0.39 is 0 Å². The van der Waals surface area contributed by atoms with Crippen LogP contribution in [0.1, 0.15) is 23.2 Å². The van der Waals surface area contributed by atoms with Crippen LogP contribution in [0.5, 0.6) is 17.2 Å². The van der Waals surface area contributed by atoms with Crippen LogP contribution in [0.3, 0.4) is 0 Å². The Kier molecular flexibility index (Phi) is 5.41. The predicted molar refractivity (Wildman–Crippen MR) is 87.0 cm³/mol. The van der Waals surface area contributed by atoms with Crippen LogP contribution in [0.25, 0.3) is 10.6 Å². The summed E-state index contributed by atoms with van der Waals surface area (Å²) in [6, 6.07) is 3.75. The van der Waals surface area contributed by atoms with E-state index in [4.69, 9.17) is 14.2 Å². The van der Waals surface area contributed by atoms with Gasteiger partial charge in [0.1, 0.15) is 10.0 Å². The molecule has 1 heterocycles. The zero-order chi connectivity index (χ0) is 15.4. The van der Waals surface area contributed by atoms with Gasteiger partial charge in [-0.3, -0.25) is 0 Å². The Morgan fingerprint density at radius 3 is 2.19 bits per heavy atom. The number of halogens is 1. The van der Waals surface area contributed by atoms with Crippen molar-refractivity contribution in [1.29, 1.82) is 0 Å². The predicted octanol–water partition coefficient (Wildman–Crippen LogP) is 4.08. The minimum absolute atomic E-state index is 0.228. The van der Waals surface area contributed by atoms with Crippen molar-refractivity contribution < 1.29 is 14.2 Å². The van der Waals surface area contributed by atoms with E-state index in [1.165, 1.54) is 0 Å². The van der Waals surface area contributed by atoms with Gasteiger partial charge < -0.3 is 14.2 Å². The van der Waals surface area contributed by atoms with Gasteiger partial charge in [-0.2, -0.15) is 0 Å². The molecule has 2 rings (SSSR count). The van der Waals surface area contributed by atoms with Crippen molar-refractivity contribution in [3.05, 3.63) is 17.1 Å². The van der Waals surface area contributed by atoms with Crippen molar-refractivity contribution in [2.24, 2.45) is 0 Å². The van der Waals surface area contributed by atoms with E-state index in [0.717, 1.165) is 22.0 Å². The Labute approximate surface area is 136 Å². The molecule has 0 saturated heterocycles. The summed E-state index contributed by atoms with van der Waals surface area (Å²) in [6.45, 7) is 2.10. The van der Waals surface area contributed by atoms with E-state index >= 15 is 0 Å². The average molecular weight is 373 g/mol. The molecule has 0 saturated carbocycles. The van der Waals surface area contributed by atoms with Crippen molar-refractivity contribution >= 4 is 27.3 Å². The van der Waals surface area contributed by atoms with Gasteiger partial charge in [-0.1, -0.05) is 34.2 Å². The van der Waals surface area contributed by atoms with Crippen LogP contribution in [0.15, 0.2) is 12.1 Å². The molecule has 0 aliphatic carbocycles. The molecule has 1 aromatic carbocycles. The number of rotatable bonds is 6. The first-order valence-corrected chi connectivity index (χ1v) is 8.15. The molecule has 7 heteroatoms. The minimum Gasteiger partial charge on any atom is -0.493 e. The van der Waals surface area contributed by atoms with E-state index in [1.54, 1.807) is 32.7 Å². The molecule has 0 bridgehead atoms. The van der Waals surface area contributed by atoms with Crippen LogP contribution >= 0.6 is 27.3 Å². The number of alkyl halides is 1. The van der Waals surface area contributed by atoms with Gasteiger partial charge in [-0.05, 0) is 18.6 Å². The molecule has 0 spiro atoms. The highest BCUT2D eigenvalue weighted by molar-refractivity contribution is 9.09. The molecule has 1 unspecified atom stereocenters. The molecule has 0 fully saturated rings. The smallest absolute Gasteiger partial charge is 0.203 e. The highest BCUT2D eigenvalue weighted by Crippen LogP contribution is 2.42. The molecule has 5 nitrogen and oxygen atoms in total. The van der Waals surface area contributed by atoms with E-state index in [1.807, 2.05) is 12.1 Å². The summed E-state index contributed by atoms with van der Waals surface area (Å²) in [5, 5.41) is 10.3. The normalized spacial score (nSPS) is 12.0. The average Bonchev–Trinajstić information content (AvgIpc) is 3.02. The lowest BCUT2D eigenvalue weighted by Gasteiger charge is -2.13. The molecule has 1 atom stereocenters. The molecule has 0 aliphatic heterocycles. The number of hydrogen-bond acceptors (Lipinski definition) is 6. The van der Waals surface area contributed by atoms with Crippen LogP contribution in [0.4, 0.5) is 0 Å². The molecule has 2 aromatic rings. The highest BCUT2D eigenvalue weighted by Gasteiger charge is 2.18. The van der Waals surface area contributed by atoms with Crippen LogP contribution < -0.4 is 14.2 Å². The highest BCUT2D eigenvalue weighted by atomic mass is 79.9. The second-order valence-corrected chi connectivity index (χ2v) is 6.35. The topological polar surface area (TPSA) is 53.5 Å². The van der Waals surface area contributed by atoms with Crippen molar-refractivity contribution in [3.8, 4) is 27.8 Å². The van der Waals surface area contributed by atoms with Gasteiger partial charge in [0.2, 0.25) is 5.75 Å². The lowest BCUT2D eigenvalue weighted by molar-refractivity contribution is 0.324. The van der Waals surface area contributed by atoms with Gasteiger partial charge in [0.15, 0.2) is 11.5 Å². The fourth-order valence-corrected chi connectivity index (χ4v) is 3.12. The quantitative estimate of drug-likeness (QED) is 0.715. The zero-order valence-corrected chi connectivity index (χ0v) is 14.7. The standard InChI is InChI=1S/C14H17BrN2O3S/c1-5-9(15)14-17-16-13(21-14)8-6-10(18-2)12(20-4)11(7-8)19-3/h6-7,9H,5H2,1-4H3. The first-order chi connectivity index (χ1) is 10.1. The van der Waals surface area contributed by atoms with Gasteiger partial charge in [0, 0.05) is 5.56 Å². The largest absolute Gasteiger partial charge is 0.493 e. The maximum atomic E-state index is 5.36. The van der Waals surface area contributed by atoms with E-state index in [2.05, 4.69) is 33.1 Å². The van der Waals surface area contributed by atoms with Crippen LogP contribution in [-0.4, -0.2) is 31.5 Å². The number of nitrogens with zero attached hydrogens (tertiary/aromatic N) is 2. The lowest BCUT2D eigenvalue weighted by Crippen LogP contribution is -1.95. The fourth-order valence-electron chi connectivity index (χ4n) is 1.86. The third kappa shape index (κ3) is 3.29. The summed E-state index contributed by atoms with van der Waals surface area (Å²) < 4.78 is 16.0. The van der Waals surface area contributed by atoms with Gasteiger partial charge >= 0.3 is 0 Å². The summed E-state index contributed by atoms with van der Waals surface area (Å²) in [5.41, 5.74) is 0.893. The number of methoxy groups -OCH3 is 3. The molecule has 21 heavy (non-hydrogen) atoms. The minimum atomic E-state index is 0.228. The molecule has 1 aromatic heterocycles. The molecular formula is C14H17BrN2O3S. The third-order valence-corrected chi connectivity index (χ3v) is 5.45. The summed E-state index contributed by atoms with van der Waals surface area (Å²) in [7, 11) is 4.77. The van der Waals surface area contributed by atoms with Gasteiger partial charge in [-0.25, -0.2) is 0 Å². The van der Waals surface area contributed by atoms with Gasteiger partial charge in [-0.15, -0.1) is 10.2 Å². The maximum Gasteiger partial charge on any atom is 0.203 e. The SMILES string of the molecule is CCC(Br)c1nnc(-c2cc(OC)c(OC)c(OC)c2)s1. The Hall–Kier alpha value is -1.34. The molecular weight excluding hydrogens is 356 g/mol. The Bertz CT molecular complexity index is 593. The van der Waals surface area contributed by atoms with E-state index in [9.17, 15) is 0 Å². The van der Waals surface area contributed by atoms with Gasteiger partial charge in [0.25, 0.3) is 0 Å². The Morgan fingerprint density at radius 1 is 1.10 bits per heavy atom. The van der Waals surface area contributed by atoms with Crippen molar-refractivity contribution in [3.63, 3.8) is 0 Å². The Morgan fingerprint density at radius 2 is 1.71 bits per heavy atom. The van der Waals surface area contributed by atoms with Gasteiger partial charge in [0.05, 0.1) is 26.2 Å². The van der Waals surface area contributed by atoms with Crippen LogP contribution in [-0.2, 0) is 0 Å². The van der Waals surface area contributed by atoms with E-state index in [0.29, 0.717) is 17.2 Å². The first kappa shape index (κ1) is 16.0. The Balaban J connectivity index is 2.46. The second-order valence-electron chi connectivity index (χ2n) is 4.24. The summed E-state index contributed by atoms with van der Waals surface area (Å²) in [5.74, 6) is 1.78. The molecule has 0 aliphatic rings. The third-order valence-electron chi connectivity index (χ3n) is 2.98. The summed E-state index contributed by atoms with van der Waals surface area (Å²) >= 11 is 5.14. The molecule has 114 valence electrons. The zero-order valence-electron chi connectivity index (χ0n) is 12.3. The monoisotopic (exact) mass is 372 g/mol. The number of benzene rings is 1. The fraction of sp³-hybridized carbons (Fsp3) is 0.429. The van der Waals surface area contributed by atoms with Crippen LogP contribution in [0.2, 0.25) is 0 Å². The maximum absolute atomic E-state index is 5.36. The number of hydrogen-bond donors (Lipinski definition) is 0. The number of ether oxygens (including phenoxy) is 3. The lowest BCUT2D eigenvalue weighted by atomic mass is 10.2. The molecule has 0 N–H and O–H groups in total. The first-order valence-electron chi connectivity index (χ1n) is 6.42. The van der Waals surface area contributed by atoms with Crippen molar-refractivity contribution in [2.75, 3.05) is 21.3 Å². The van der Waals surface area contributed by atoms with Crippen molar-refractivity contribution in [1.82, 2.24) is 10.2 Å². The van der Waals surface area contributed by atoms with Crippen molar-refractivity contribution in [2.45, 2.75) is 18.2 Å². The van der Waals surface area contributed by atoms with Crippen LogP contribution in [0, 0.1) is 0 Å². The summed E-state index contributed by atoms with van der Waals surface area (Å²) in [6.07, 6.45) is 0.962. The van der Waals surface area contributed by atoms with E-state index in [-0.39, 0.29) is 4.83 Å². The number of aromatic nitrogens is 2. The molecule has 0 amide bonds. The second kappa shape index (κ2) is 7.09. The summed E-state index contributed by atoms with van der Waals surface area (Å²) in [4.78, 5) is 0.228. The molecule has 0 radical (unpaired) electrons.